The lowest BCUT2D eigenvalue weighted by Gasteiger charge is -2.33. The number of ether oxygens (including phenoxy) is 1. The second-order valence-corrected chi connectivity index (χ2v) is 10.1. The number of likely N-dealkylation sites (tertiary alicyclic amines) is 2. The highest BCUT2D eigenvalue weighted by Crippen LogP contribution is 2.39. The molecule has 0 N–H and O–H groups in total. The molecule has 7 nitrogen and oxygen atoms in total. The number of carbonyl (C=O) groups is 2. The van der Waals surface area contributed by atoms with Gasteiger partial charge in [0.2, 0.25) is 17.7 Å². The number of rotatable bonds is 5. The Balaban J connectivity index is 1.55. The van der Waals surface area contributed by atoms with E-state index in [2.05, 4.69) is 11.1 Å². The lowest BCUT2D eigenvalue weighted by atomic mass is 9.86. The van der Waals surface area contributed by atoms with E-state index in [4.69, 9.17) is 33.2 Å². The second kappa shape index (κ2) is 10.8. The number of pyridine rings is 1. The highest BCUT2D eigenvalue weighted by Gasteiger charge is 2.42. The SMILES string of the molecule is CC(=O)N1CCCC(C(=O)N2C[C@H]([C@H](C)Oc3ccc(C#N)cn3)[C@@H](c3ccc(Cl)c(Cl)c3)C2)C1. The van der Waals surface area contributed by atoms with Gasteiger partial charge in [0, 0.05) is 57.2 Å². The smallest absolute Gasteiger partial charge is 0.227 e. The summed E-state index contributed by atoms with van der Waals surface area (Å²) < 4.78 is 6.16. The lowest BCUT2D eigenvalue weighted by molar-refractivity contribution is -0.139. The summed E-state index contributed by atoms with van der Waals surface area (Å²) in [5.74, 6) is 0.297. The van der Waals surface area contributed by atoms with Crippen LogP contribution >= 0.6 is 23.2 Å². The largest absolute Gasteiger partial charge is 0.474 e. The van der Waals surface area contributed by atoms with E-state index in [9.17, 15) is 9.59 Å². The quantitative estimate of drug-likeness (QED) is 0.584. The molecule has 0 spiro atoms. The number of amides is 2. The van der Waals surface area contributed by atoms with E-state index in [1.807, 2.05) is 24.0 Å². The van der Waals surface area contributed by atoms with Gasteiger partial charge < -0.3 is 14.5 Å². The van der Waals surface area contributed by atoms with Crippen molar-refractivity contribution in [2.24, 2.45) is 11.8 Å². The van der Waals surface area contributed by atoms with Crippen molar-refractivity contribution in [2.75, 3.05) is 26.2 Å². The van der Waals surface area contributed by atoms with Gasteiger partial charge in [-0.2, -0.15) is 5.26 Å². The summed E-state index contributed by atoms with van der Waals surface area (Å²) in [4.78, 5) is 33.3. The van der Waals surface area contributed by atoms with Crippen molar-refractivity contribution in [3.63, 3.8) is 0 Å². The van der Waals surface area contributed by atoms with Gasteiger partial charge in [0.05, 0.1) is 21.5 Å². The van der Waals surface area contributed by atoms with Crippen LogP contribution in [0.1, 0.15) is 43.7 Å². The Morgan fingerprint density at radius 3 is 2.60 bits per heavy atom. The van der Waals surface area contributed by atoms with Gasteiger partial charge in [-0.25, -0.2) is 4.98 Å². The first kappa shape index (κ1) is 25.3. The van der Waals surface area contributed by atoms with E-state index >= 15 is 0 Å². The molecule has 0 aliphatic carbocycles. The number of halogens is 2. The van der Waals surface area contributed by atoms with Crippen molar-refractivity contribution in [1.82, 2.24) is 14.8 Å². The molecule has 184 valence electrons. The van der Waals surface area contributed by atoms with Crippen molar-refractivity contribution in [2.45, 2.75) is 38.7 Å². The van der Waals surface area contributed by atoms with Gasteiger partial charge in [0.25, 0.3) is 0 Å². The molecular formula is C26H28Cl2N4O3. The molecule has 2 saturated heterocycles. The van der Waals surface area contributed by atoms with Crippen LogP contribution in [0.4, 0.5) is 0 Å². The van der Waals surface area contributed by atoms with E-state index < -0.39 is 0 Å². The van der Waals surface area contributed by atoms with Gasteiger partial charge in [0.1, 0.15) is 12.2 Å². The molecule has 2 aliphatic heterocycles. The molecule has 35 heavy (non-hydrogen) atoms. The van der Waals surface area contributed by atoms with Crippen LogP contribution in [0.15, 0.2) is 36.5 Å². The standard InChI is InChI=1S/C26H28Cl2N4O3/c1-16(35-25-8-5-18(11-29)12-30-25)21-14-32(15-22(21)19-6-7-23(27)24(28)10-19)26(34)20-4-3-9-31(13-20)17(2)33/h5-8,10,12,16,20-22H,3-4,9,13-15H2,1-2H3/t16-,20?,21+,22+/m0/s1. The molecular weight excluding hydrogens is 487 g/mol. The van der Waals surface area contributed by atoms with Gasteiger partial charge in [-0.05, 0) is 43.5 Å². The summed E-state index contributed by atoms with van der Waals surface area (Å²) >= 11 is 12.5. The molecule has 0 bridgehead atoms. The third-order valence-electron chi connectivity index (χ3n) is 7.04. The highest BCUT2D eigenvalue weighted by molar-refractivity contribution is 6.42. The fourth-order valence-electron chi connectivity index (χ4n) is 5.10. The zero-order valence-corrected chi connectivity index (χ0v) is 21.3. The van der Waals surface area contributed by atoms with Crippen LogP contribution < -0.4 is 4.74 Å². The highest BCUT2D eigenvalue weighted by atomic mass is 35.5. The number of hydrogen-bond acceptors (Lipinski definition) is 5. The molecule has 1 aromatic carbocycles. The lowest BCUT2D eigenvalue weighted by Crippen LogP contribution is -2.46. The monoisotopic (exact) mass is 514 g/mol. The molecule has 1 aromatic heterocycles. The zero-order valence-electron chi connectivity index (χ0n) is 19.8. The number of aromatic nitrogens is 1. The molecule has 4 atom stereocenters. The van der Waals surface area contributed by atoms with E-state index in [1.54, 1.807) is 30.0 Å². The summed E-state index contributed by atoms with van der Waals surface area (Å²) in [6.07, 6.45) is 2.83. The molecule has 2 aliphatic rings. The van der Waals surface area contributed by atoms with Crippen LogP contribution in [0.5, 0.6) is 5.88 Å². The molecule has 3 heterocycles. The molecule has 9 heteroatoms. The summed E-state index contributed by atoms with van der Waals surface area (Å²) in [5, 5.41) is 9.96. The van der Waals surface area contributed by atoms with E-state index in [0.717, 1.165) is 18.4 Å². The average Bonchev–Trinajstić information content (AvgIpc) is 3.31. The Bertz CT molecular complexity index is 1130. The second-order valence-electron chi connectivity index (χ2n) is 9.31. The number of benzene rings is 1. The third-order valence-corrected chi connectivity index (χ3v) is 7.78. The number of piperidine rings is 1. The maximum absolute atomic E-state index is 13.5. The first-order valence-corrected chi connectivity index (χ1v) is 12.5. The normalized spacial score (nSPS) is 23.0. The molecule has 0 radical (unpaired) electrons. The van der Waals surface area contributed by atoms with Gasteiger partial charge in [-0.15, -0.1) is 0 Å². The summed E-state index contributed by atoms with van der Waals surface area (Å²) in [6.45, 7) is 5.75. The zero-order chi connectivity index (χ0) is 25.1. The minimum Gasteiger partial charge on any atom is -0.474 e. The van der Waals surface area contributed by atoms with Crippen LogP contribution in [0.25, 0.3) is 0 Å². The predicted molar refractivity (Wildman–Crippen MR) is 133 cm³/mol. The fourth-order valence-corrected chi connectivity index (χ4v) is 5.40. The predicted octanol–water partition coefficient (Wildman–Crippen LogP) is 4.53. The van der Waals surface area contributed by atoms with Crippen molar-refractivity contribution in [3.05, 3.63) is 57.7 Å². The first-order chi connectivity index (χ1) is 16.8. The maximum atomic E-state index is 13.5. The Labute approximate surface area is 215 Å². The molecule has 0 saturated carbocycles. The fraction of sp³-hybridized carbons (Fsp3) is 0.462. The maximum Gasteiger partial charge on any atom is 0.227 e. The number of nitriles is 1. The topological polar surface area (TPSA) is 86.5 Å². The van der Waals surface area contributed by atoms with Crippen molar-refractivity contribution >= 4 is 35.0 Å². The van der Waals surface area contributed by atoms with E-state index in [-0.39, 0.29) is 35.7 Å². The van der Waals surface area contributed by atoms with Gasteiger partial charge in [-0.1, -0.05) is 29.3 Å². The van der Waals surface area contributed by atoms with Crippen molar-refractivity contribution in [1.29, 1.82) is 5.26 Å². The molecule has 2 aromatic rings. The van der Waals surface area contributed by atoms with Crippen LogP contribution in [-0.4, -0.2) is 58.9 Å². The molecule has 2 fully saturated rings. The summed E-state index contributed by atoms with van der Waals surface area (Å²) in [7, 11) is 0. The number of nitrogens with zero attached hydrogens (tertiary/aromatic N) is 4. The molecule has 4 rings (SSSR count). The third kappa shape index (κ3) is 5.71. The van der Waals surface area contributed by atoms with Crippen molar-refractivity contribution < 1.29 is 14.3 Å². The molecule has 1 unspecified atom stereocenters. The Kier molecular flexibility index (Phi) is 7.83. The summed E-state index contributed by atoms with van der Waals surface area (Å²) in [5.41, 5.74) is 1.46. The minimum absolute atomic E-state index is 0.00500. The van der Waals surface area contributed by atoms with Gasteiger partial charge in [-0.3, -0.25) is 9.59 Å². The molecule has 2 amide bonds. The Hall–Kier alpha value is -2.82. The Morgan fingerprint density at radius 1 is 1.14 bits per heavy atom. The van der Waals surface area contributed by atoms with Crippen LogP contribution in [-0.2, 0) is 9.59 Å². The summed E-state index contributed by atoms with van der Waals surface area (Å²) in [6, 6.07) is 11.0. The average molecular weight is 515 g/mol. The van der Waals surface area contributed by atoms with Gasteiger partial charge >= 0.3 is 0 Å². The van der Waals surface area contributed by atoms with Crippen LogP contribution in [0, 0.1) is 23.2 Å². The van der Waals surface area contributed by atoms with Crippen LogP contribution in [0.3, 0.4) is 0 Å². The minimum atomic E-state index is -0.257. The number of carbonyl (C=O) groups excluding carboxylic acids is 2. The van der Waals surface area contributed by atoms with Crippen molar-refractivity contribution in [3.8, 4) is 11.9 Å². The Morgan fingerprint density at radius 2 is 1.94 bits per heavy atom. The van der Waals surface area contributed by atoms with E-state index in [0.29, 0.717) is 47.7 Å². The first-order valence-electron chi connectivity index (χ1n) is 11.8. The van der Waals surface area contributed by atoms with Crippen LogP contribution in [0.2, 0.25) is 10.0 Å². The van der Waals surface area contributed by atoms with Gasteiger partial charge in [0.15, 0.2) is 0 Å². The van der Waals surface area contributed by atoms with E-state index in [1.165, 1.54) is 6.20 Å². The number of hydrogen-bond donors (Lipinski definition) is 0.